The van der Waals surface area contributed by atoms with Gasteiger partial charge >= 0.3 is 0 Å². The van der Waals surface area contributed by atoms with Gasteiger partial charge in [-0.2, -0.15) is 0 Å². The van der Waals surface area contributed by atoms with Crippen LogP contribution in [0.3, 0.4) is 0 Å². The molecule has 2 aliphatic rings. The second-order valence-electron chi connectivity index (χ2n) is 7.85. The zero-order valence-electron chi connectivity index (χ0n) is 15.5. The summed E-state index contributed by atoms with van der Waals surface area (Å²) in [5, 5.41) is 0. The first kappa shape index (κ1) is 17.2. The summed E-state index contributed by atoms with van der Waals surface area (Å²) in [6, 6.07) is 12.9. The molecule has 2 aromatic rings. The van der Waals surface area contributed by atoms with Crippen LogP contribution in [0.15, 0.2) is 48.8 Å². The van der Waals surface area contributed by atoms with Crippen LogP contribution < -0.4 is 0 Å². The highest BCUT2D eigenvalue weighted by molar-refractivity contribution is 5.79. The van der Waals surface area contributed by atoms with E-state index in [0.29, 0.717) is 12.5 Å². The number of pyridine rings is 1. The number of aryl methyl sites for hydroxylation is 1. The lowest BCUT2D eigenvalue weighted by Crippen LogP contribution is -2.61. The van der Waals surface area contributed by atoms with E-state index in [9.17, 15) is 4.79 Å². The first-order valence-electron chi connectivity index (χ1n) is 9.63. The summed E-state index contributed by atoms with van der Waals surface area (Å²) >= 11 is 0. The molecule has 1 aliphatic heterocycles. The minimum atomic E-state index is 0.252. The summed E-state index contributed by atoms with van der Waals surface area (Å²) in [5.74, 6) is 1.11. The van der Waals surface area contributed by atoms with Gasteiger partial charge in [0.25, 0.3) is 0 Å². The lowest BCUT2D eigenvalue weighted by atomic mass is 10.0. The Morgan fingerprint density at radius 2 is 1.92 bits per heavy atom. The third kappa shape index (κ3) is 4.31. The summed E-state index contributed by atoms with van der Waals surface area (Å²) < 4.78 is 0. The summed E-state index contributed by atoms with van der Waals surface area (Å²) in [5.41, 5.74) is 3.64. The molecule has 1 saturated heterocycles. The first-order valence-corrected chi connectivity index (χ1v) is 9.63. The Balaban J connectivity index is 1.32. The number of hydrogen-bond acceptors (Lipinski definition) is 3. The summed E-state index contributed by atoms with van der Waals surface area (Å²) in [6.45, 7) is 5.92. The Labute approximate surface area is 155 Å². The Kier molecular flexibility index (Phi) is 5.02. The highest BCUT2D eigenvalue weighted by Gasteiger charge is 2.37. The first-order chi connectivity index (χ1) is 12.7. The van der Waals surface area contributed by atoms with Gasteiger partial charge < -0.3 is 4.90 Å². The Hall–Kier alpha value is -2.20. The number of benzene rings is 1. The van der Waals surface area contributed by atoms with Crippen LogP contribution in [0, 0.1) is 12.8 Å². The number of amides is 1. The molecule has 1 amide bonds. The van der Waals surface area contributed by atoms with Crippen LogP contribution in [-0.2, 0) is 17.8 Å². The van der Waals surface area contributed by atoms with Crippen LogP contribution in [0.5, 0.6) is 0 Å². The van der Waals surface area contributed by atoms with Crippen molar-refractivity contribution in [3.63, 3.8) is 0 Å². The molecular formula is C22H27N3O. The second kappa shape index (κ2) is 7.58. The molecule has 136 valence electrons. The van der Waals surface area contributed by atoms with E-state index < -0.39 is 0 Å². The molecule has 4 heteroatoms. The predicted octanol–water partition coefficient (Wildman–Crippen LogP) is 3.06. The van der Waals surface area contributed by atoms with E-state index in [1.165, 1.54) is 24.0 Å². The molecule has 0 unspecified atom stereocenters. The van der Waals surface area contributed by atoms with Gasteiger partial charge in [0.05, 0.1) is 6.42 Å². The van der Waals surface area contributed by atoms with Gasteiger partial charge in [-0.05, 0) is 48.9 Å². The average molecular weight is 349 g/mol. The molecule has 0 atom stereocenters. The lowest BCUT2D eigenvalue weighted by molar-refractivity contribution is -0.138. The molecule has 2 heterocycles. The average Bonchev–Trinajstić information content (AvgIpc) is 3.38. The highest BCUT2D eigenvalue weighted by Crippen LogP contribution is 2.32. The van der Waals surface area contributed by atoms with Gasteiger partial charge in [0.2, 0.25) is 5.91 Å². The van der Waals surface area contributed by atoms with E-state index in [2.05, 4.69) is 41.1 Å². The van der Waals surface area contributed by atoms with Gasteiger partial charge in [0, 0.05) is 44.6 Å². The standard InChI is InChI=1S/C22H27N3O/c1-17-3-2-4-20(11-17)12-22(26)25-15-21(16-25)24(13-18-5-6-18)14-19-7-9-23-10-8-19/h2-4,7-11,18,21H,5-6,12-16H2,1H3. The number of likely N-dealkylation sites (tertiary alicyclic amines) is 1. The largest absolute Gasteiger partial charge is 0.339 e. The van der Waals surface area contributed by atoms with Gasteiger partial charge in [-0.15, -0.1) is 0 Å². The molecule has 1 aliphatic carbocycles. The van der Waals surface area contributed by atoms with Gasteiger partial charge in [-0.25, -0.2) is 0 Å². The molecule has 1 saturated carbocycles. The maximum Gasteiger partial charge on any atom is 0.227 e. The van der Waals surface area contributed by atoms with E-state index in [-0.39, 0.29) is 5.91 Å². The van der Waals surface area contributed by atoms with Gasteiger partial charge in [0.15, 0.2) is 0 Å². The second-order valence-corrected chi connectivity index (χ2v) is 7.85. The molecule has 0 radical (unpaired) electrons. The third-order valence-electron chi connectivity index (χ3n) is 5.49. The van der Waals surface area contributed by atoms with Crippen LogP contribution in [0.2, 0.25) is 0 Å². The van der Waals surface area contributed by atoms with Crippen molar-refractivity contribution < 1.29 is 4.79 Å². The number of carbonyl (C=O) groups excluding carboxylic acids is 1. The molecule has 1 aromatic heterocycles. The number of rotatable bonds is 7. The number of aromatic nitrogens is 1. The predicted molar refractivity (Wildman–Crippen MR) is 103 cm³/mol. The fourth-order valence-corrected chi connectivity index (χ4v) is 3.70. The normalized spacial score (nSPS) is 17.4. The SMILES string of the molecule is Cc1cccc(CC(=O)N2CC(N(Cc3ccncc3)CC3CC3)C2)c1. The van der Waals surface area contributed by atoms with Crippen LogP contribution in [0.4, 0.5) is 0 Å². The number of carbonyl (C=O) groups is 1. The molecule has 4 nitrogen and oxygen atoms in total. The molecule has 0 spiro atoms. The zero-order chi connectivity index (χ0) is 17.9. The van der Waals surface area contributed by atoms with Crippen molar-refractivity contribution in [3.8, 4) is 0 Å². The van der Waals surface area contributed by atoms with Crippen molar-refractivity contribution >= 4 is 5.91 Å². The number of hydrogen-bond donors (Lipinski definition) is 0. The van der Waals surface area contributed by atoms with Crippen molar-refractivity contribution in [2.75, 3.05) is 19.6 Å². The fraction of sp³-hybridized carbons (Fsp3) is 0.455. The van der Waals surface area contributed by atoms with Crippen LogP contribution in [0.1, 0.15) is 29.5 Å². The quantitative estimate of drug-likeness (QED) is 0.771. The molecule has 0 bridgehead atoms. The van der Waals surface area contributed by atoms with Crippen molar-refractivity contribution in [1.29, 1.82) is 0 Å². The molecule has 2 fully saturated rings. The maximum absolute atomic E-state index is 12.6. The van der Waals surface area contributed by atoms with Crippen LogP contribution >= 0.6 is 0 Å². The minimum absolute atomic E-state index is 0.252. The Morgan fingerprint density at radius 3 is 2.62 bits per heavy atom. The van der Waals surface area contributed by atoms with E-state index in [4.69, 9.17) is 0 Å². The summed E-state index contributed by atoms with van der Waals surface area (Å²) in [7, 11) is 0. The molecule has 4 rings (SSSR count). The topological polar surface area (TPSA) is 36.4 Å². The Bertz CT molecular complexity index is 751. The molecule has 1 aromatic carbocycles. The number of nitrogens with zero attached hydrogens (tertiary/aromatic N) is 3. The van der Waals surface area contributed by atoms with E-state index in [1.807, 2.05) is 29.4 Å². The van der Waals surface area contributed by atoms with Gasteiger partial charge in [-0.1, -0.05) is 29.8 Å². The van der Waals surface area contributed by atoms with E-state index in [0.717, 1.165) is 37.7 Å². The van der Waals surface area contributed by atoms with Gasteiger partial charge in [0.1, 0.15) is 0 Å². The lowest BCUT2D eigenvalue weighted by Gasteiger charge is -2.45. The highest BCUT2D eigenvalue weighted by atomic mass is 16.2. The third-order valence-corrected chi connectivity index (χ3v) is 5.49. The summed E-state index contributed by atoms with van der Waals surface area (Å²) in [6.07, 6.45) is 6.96. The molecular weight excluding hydrogens is 322 g/mol. The smallest absolute Gasteiger partial charge is 0.227 e. The fourth-order valence-electron chi connectivity index (χ4n) is 3.70. The zero-order valence-corrected chi connectivity index (χ0v) is 15.5. The van der Waals surface area contributed by atoms with Crippen molar-refractivity contribution in [2.45, 2.75) is 38.8 Å². The van der Waals surface area contributed by atoms with Crippen molar-refractivity contribution in [3.05, 3.63) is 65.5 Å². The maximum atomic E-state index is 12.6. The van der Waals surface area contributed by atoms with Crippen molar-refractivity contribution in [1.82, 2.24) is 14.8 Å². The van der Waals surface area contributed by atoms with E-state index >= 15 is 0 Å². The van der Waals surface area contributed by atoms with Crippen molar-refractivity contribution in [2.24, 2.45) is 5.92 Å². The van der Waals surface area contributed by atoms with E-state index in [1.54, 1.807) is 0 Å². The monoisotopic (exact) mass is 349 g/mol. The van der Waals surface area contributed by atoms with Crippen LogP contribution in [-0.4, -0.2) is 46.4 Å². The Morgan fingerprint density at radius 1 is 1.15 bits per heavy atom. The molecule has 26 heavy (non-hydrogen) atoms. The minimum Gasteiger partial charge on any atom is -0.339 e. The summed E-state index contributed by atoms with van der Waals surface area (Å²) in [4.78, 5) is 21.3. The molecule has 0 N–H and O–H groups in total. The van der Waals surface area contributed by atoms with Crippen LogP contribution in [0.25, 0.3) is 0 Å². The van der Waals surface area contributed by atoms with Gasteiger partial charge in [-0.3, -0.25) is 14.7 Å².